The molecule has 2 heterocycles. The number of nitrogens with zero attached hydrogens (tertiary/aromatic N) is 3. The average Bonchev–Trinajstić information content (AvgIpc) is 3.35. The van der Waals surface area contributed by atoms with Crippen LogP contribution in [-0.2, 0) is 4.79 Å². The van der Waals surface area contributed by atoms with Gasteiger partial charge in [-0.05, 0) is 18.6 Å². The minimum atomic E-state index is -0.999. The molecule has 2 aromatic carbocycles. The number of aromatic nitrogens is 2. The molecule has 4 rings (SSSR count). The van der Waals surface area contributed by atoms with Crippen LogP contribution in [0.2, 0.25) is 0 Å². The number of imidazole rings is 1. The first-order valence-electron chi connectivity index (χ1n) is 10.5. The maximum atomic E-state index is 15.2. The summed E-state index contributed by atoms with van der Waals surface area (Å²) in [6, 6.07) is 5.92. The molecule has 0 spiro atoms. The molecule has 1 atom stereocenters. The van der Waals surface area contributed by atoms with E-state index in [1.807, 2.05) is 6.92 Å². The predicted molar refractivity (Wildman–Crippen MR) is 124 cm³/mol. The molecule has 0 aliphatic rings. The number of hydrogen-bond donors (Lipinski definition) is 0. The van der Waals surface area contributed by atoms with Gasteiger partial charge in [0, 0.05) is 37.4 Å². The Labute approximate surface area is 193 Å². The number of benzene rings is 2. The van der Waals surface area contributed by atoms with E-state index in [-0.39, 0.29) is 22.7 Å². The number of rotatable bonds is 7. The zero-order valence-corrected chi connectivity index (χ0v) is 19.5. The van der Waals surface area contributed by atoms with Crippen molar-refractivity contribution in [3.05, 3.63) is 53.2 Å². The maximum Gasteiger partial charge on any atom is 0.219 e. The zero-order chi connectivity index (χ0) is 23.9. The molecule has 2 aromatic heterocycles. The number of hydrogen-bond acceptors (Lipinski definition) is 5. The van der Waals surface area contributed by atoms with Gasteiger partial charge in [0.2, 0.25) is 5.91 Å². The van der Waals surface area contributed by atoms with Gasteiger partial charge in [-0.3, -0.25) is 14.0 Å². The summed E-state index contributed by atoms with van der Waals surface area (Å²) >= 11 is 1.33. The number of carbonyl (C=O) groups is 2. The second-order valence-corrected chi connectivity index (χ2v) is 8.83. The van der Waals surface area contributed by atoms with Crippen LogP contribution in [0.1, 0.15) is 48.7 Å². The van der Waals surface area contributed by atoms with Gasteiger partial charge in [-0.25, -0.2) is 13.8 Å². The Morgan fingerprint density at radius 3 is 2.70 bits per heavy atom. The van der Waals surface area contributed by atoms with Crippen molar-refractivity contribution in [3.8, 4) is 17.0 Å². The zero-order valence-electron chi connectivity index (χ0n) is 18.7. The summed E-state index contributed by atoms with van der Waals surface area (Å²) in [5.41, 5.74) is 1.65. The van der Waals surface area contributed by atoms with E-state index in [0.29, 0.717) is 29.1 Å². The third-order valence-corrected chi connectivity index (χ3v) is 6.86. The number of aldehydes is 1. The molecular weight excluding hydrogens is 448 g/mol. The Bertz CT molecular complexity index is 1380. The first-order chi connectivity index (χ1) is 15.8. The second kappa shape index (κ2) is 8.90. The van der Waals surface area contributed by atoms with Crippen molar-refractivity contribution in [2.24, 2.45) is 0 Å². The van der Waals surface area contributed by atoms with Crippen LogP contribution in [0.25, 0.3) is 26.4 Å². The molecule has 0 fully saturated rings. The fraction of sp³-hybridized carbons (Fsp3) is 0.292. The standard InChI is InChI=1S/C24H23F2N3O3S/c1-5-6-18(28(3)13(2)31)16-8-7-15(22(25)23(16)26)17-11-29-19-10-20(32-4)14(12-30)9-21(19)33-24(29)27-17/h7-12,18H,5-6H2,1-4H3. The molecule has 0 aliphatic heterocycles. The van der Waals surface area contributed by atoms with Gasteiger partial charge in [-0.1, -0.05) is 30.7 Å². The topological polar surface area (TPSA) is 63.9 Å². The maximum absolute atomic E-state index is 15.2. The van der Waals surface area contributed by atoms with Crippen LogP contribution >= 0.6 is 11.3 Å². The van der Waals surface area contributed by atoms with Crippen molar-refractivity contribution in [3.63, 3.8) is 0 Å². The average molecular weight is 472 g/mol. The summed E-state index contributed by atoms with van der Waals surface area (Å²) in [7, 11) is 3.07. The van der Waals surface area contributed by atoms with Gasteiger partial charge in [0.25, 0.3) is 0 Å². The lowest BCUT2D eigenvalue weighted by atomic mass is 9.97. The number of ether oxygens (including phenoxy) is 1. The Morgan fingerprint density at radius 2 is 2.06 bits per heavy atom. The molecule has 1 unspecified atom stereocenters. The highest BCUT2D eigenvalue weighted by atomic mass is 32.1. The Kier molecular flexibility index (Phi) is 6.16. The Balaban J connectivity index is 1.80. The van der Waals surface area contributed by atoms with Crippen LogP contribution in [0.15, 0.2) is 30.5 Å². The molecule has 9 heteroatoms. The summed E-state index contributed by atoms with van der Waals surface area (Å²) in [5.74, 6) is -1.77. The van der Waals surface area contributed by atoms with Gasteiger partial charge in [0.1, 0.15) is 5.75 Å². The van der Waals surface area contributed by atoms with E-state index in [1.54, 1.807) is 29.8 Å². The highest BCUT2D eigenvalue weighted by Crippen LogP contribution is 2.36. The molecule has 0 bridgehead atoms. The number of fused-ring (bicyclic) bond motifs is 3. The predicted octanol–water partition coefficient (Wildman–Crippen LogP) is 5.63. The quantitative estimate of drug-likeness (QED) is 0.328. The van der Waals surface area contributed by atoms with Crippen molar-refractivity contribution in [1.29, 1.82) is 0 Å². The molecule has 33 heavy (non-hydrogen) atoms. The van der Waals surface area contributed by atoms with Crippen molar-refractivity contribution in [2.75, 3.05) is 14.2 Å². The Hall–Kier alpha value is -3.33. The van der Waals surface area contributed by atoms with Crippen molar-refractivity contribution >= 4 is 38.7 Å². The van der Waals surface area contributed by atoms with Crippen LogP contribution in [0.3, 0.4) is 0 Å². The van der Waals surface area contributed by atoms with E-state index in [0.717, 1.165) is 16.5 Å². The van der Waals surface area contributed by atoms with Crippen LogP contribution in [0.4, 0.5) is 8.78 Å². The molecule has 0 saturated heterocycles. The van der Waals surface area contributed by atoms with Gasteiger partial charge in [-0.15, -0.1) is 0 Å². The van der Waals surface area contributed by atoms with Crippen molar-refractivity contribution in [2.45, 2.75) is 32.7 Å². The fourth-order valence-corrected chi connectivity index (χ4v) is 5.05. The van der Waals surface area contributed by atoms with Gasteiger partial charge in [0.15, 0.2) is 22.9 Å². The third-order valence-electron chi connectivity index (χ3n) is 5.85. The smallest absolute Gasteiger partial charge is 0.219 e. The van der Waals surface area contributed by atoms with Gasteiger partial charge in [0.05, 0.1) is 34.6 Å². The molecule has 0 N–H and O–H groups in total. The van der Waals surface area contributed by atoms with Gasteiger partial charge in [-0.2, -0.15) is 0 Å². The molecule has 1 amide bonds. The summed E-state index contributed by atoms with van der Waals surface area (Å²) in [6.07, 6.45) is 3.59. The fourth-order valence-electron chi connectivity index (χ4n) is 4.01. The number of thiazole rings is 1. The highest BCUT2D eigenvalue weighted by Gasteiger charge is 2.26. The van der Waals surface area contributed by atoms with Crippen molar-refractivity contribution in [1.82, 2.24) is 14.3 Å². The second-order valence-electron chi connectivity index (χ2n) is 7.83. The van der Waals surface area contributed by atoms with Crippen LogP contribution in [0, 0.1) is 11.6 Å². The van der Waals surface area contributed by atoms with Gasteiger partial charge < -0.3 is 9.64 Å². The lowest BCUT2D eigenvalue weighted by Gasteiger charge is -2.28. The molecule has 0 radical (unpaired) electrons. The number of carbonyl (C=O) groups excluding carboxylic acids is 2. The van der Waals surface area contributed by atoms with E-state index < -0.39 is 17.7 Å². The lowest BCUT2D eigenvalue weighted by Crippen LogP contribution is -2.30. The monoisotopic (exact) mass is 471 g/mol. The molecule has 0 saturated carbocycles. The van der Waals surface area contributed by atoms with Crippen molar-refractivity contribution < 1.29 is 23.1 Å². The molecule has 4 aromatic rings. The minimum absolute atomic E-state index is 0.0394. The molecular formula is C24H23F2N3O3S. The summed E-state index contributed by atoms with van der Waals surface area (Å²) in [6.45, 7) is 3.33. The Morgan fingerprint density at radius 1 is 1.30 bits per heavy atom. The van der Waals surface area contributed by atoms with Crippen LogP contribution in [-0.4, -0.2) is 40.6 Å². The number of methoxy groups -OCH3 is 1. The van der Waals surface area contributed by atoms with E-state index in [9.17, 15) is 9.59 Å². The largest absolute Gasteiger partial charge is 0.496 e. The summed E-state index contributed by atoms with van der Waals surface area (Å²) < 4.78 is 38.2. The summed E-state index contributed by atoms with van der Waals surface area (Å²) in [4.78, 5) is 29.6. The first kappa shape index (κ1) is 22.8. The third kappa shape index (κ3) is 3.86. The molecule has 172 valence electrons. The van der Waals surface area contributed by atoms with E-state index in [4.69, 9.17) is 4.74 Å². The van der Waals surface area contributed by atoms with Gasteiger partial charge >= 0.3 is 0 Å². The summed E-state index contributed by atoms with van der Waals surface area (Å²) in [5, 5.41) is 0. The minimum Gasteiger partial charge on any atom is -0.496 e. The number of halogens is 2. The molecule has 6 nitrogen and oxygen atoms in total. The van der Waals surface area contributed by atoms with E-state index >= 15 is 8.78 Å². The van der Waals surface area contributed by atoms with Crippen LogP contribution in [0.5, 0.6) is 5.75 Å². The van der Waals surface area contributed by atoms with Crippen LogP contribution < -0.4 is 4.74 Å². The van der Waals surface area contributed by atoms with E-state index in [1.165, 1.54) is 42.4 Å². The highest BCUT2D eigenvalue weighted by molar-refractivity contribution is 7.23. The lowest BCUT2D eigenvalue weighted by molar-refractivity contribution is -0.129. The van der Waals surface area contributed by atoms with E-state index in [2.05, 4.69) is 4.98 Å². The molecule has 0 aliphatic carbocycles. The SMILES string of the molecule is CCCC(c1ccc(-c2cn3c(n2)sc2cc(C=O)c(OC)cc23)c(F)c1F)N(C)C(C)=O. The number of amides is 1. The normalized spacial score (nSPS) is 12.3. The first-order valence-corrected chi connectivity index (χ1v) is 11.3.